The number of Topliss-reactive ketones (excluding diaryl/α,β-unsaturated/α-hetero) is 1. The number of rotatable bonds is 5. The minimum Gasteiger partial charge on any atom is -0.345 e. The summed E-state index contributed by atoms with van der Waals surface area (Å²) in [4.78, 5) is 23.9. The van der Waals surface area contributed by atoms with Gasteiger partial charge in [-0.05, 0) is 25.0 Å². The maximum atomic E-state index is 11.5. The number of halogens is 1. The van der Waals surface area contributed by atoms with Crippen LogP contribution in [0.5, 0.6) is 0 Å². The van der Waals surface area contributed by atoms with Crippen LogP contribution >= 0.6 is 11.6 Å². The summed E-state index contributed by atoms with van der Waals surface area (Å²) in [5.74, 6) is -0.260. The van der Waals surface area contributed by atoms with Crippen LogP contribution in [0.4, 0.5) is 0 Å². The average molecular weight is 254 g/mol. The Hall–Kier alpha value is -1.35. The Balaban J connectivity index is 2.48. The van der Waals surface area contributed by atoms with Crippen molar-refractivity contribution in [2.75, 3.05) is 13.6 Å². The van der Waals surface area contributed by atoms with Gasteiger partial charge in [-0.1, -0.05) is 29.8 Å². The fourth-order valence-corrected chi connectivity index (χ4v) is 1.69. The first-order valence-corrected chi connectivity index (χ1v) is 5.85. The van der Waals surface area contributed by atoms with Gasteiger partial charge in [-0.25, -0.2) is 0 Å². The fourth-order valence-electron chi connectivity index (χ4n) is 1.46. The molecule has 0 aromatic heterocycles. The van der Waals surface area contributed by atoms with Crippen LogP contribution in [-0.4, -0.2) is 30.2 Å². The fraction of sp³-hybridized carbons (Fsp3) is 0.385. The first-order chi connectivity index (χ1) is 8.00. The average Bonchev–Trinajstić information content (AvgIpc) is 2.26. The molecule has 0 fully saturated rings. The maximum absolute atomic E-state index is 11.5. The molecule has 0 bridgehead atoms. The van der Waals surface area contributed by atoms with Crippen LogP contribution in [-0.2, 0) is 16.0 Å². The number of nitrogens with zero attached hydrogens (tertiary/aromatic N) is 1. The van der Waals surface area contributed by atoms with Crippen molar-refractivity contribution in [3.63, 3.8) is 0 Å². The molecule has 0 spiro atoms. The molecule has 3 nitrogen and oxygen atoms in total. The van der Waals surface area contributed by atoms with Crippen molar-refractivity contribution in [1.82, 2.24) is 4.90 Å². The normalized spacial score (nSPS) is 10.1. The van der Waals surface area contributed by atoms with Gasteiger partial charge in [0, 0.05) is 18.6 Å². The second kappa shape index (κ2) is 6.40. The van der Waals surface area contributed by atoms with E-state index in [2.05, 4.69) is 0 Å². The molecule has 0 aliphatic heterocycles. The van der Waals surface area contributed by atoms with E-state index < -0.39 is 0 Å². The molecule has 1 aromatic carbocycles. The lowest BCUT2D eigenvalue weighted by molar-refractivity contribution is -0.133. The van der Waals surface area contributed by atoms with Crippen molar-refractivity contribution in [1.29, 1.82) is 0 Å². The summed E-state index contributed by atoms with van der Waals surface area (Å²) >= 11 is 6.01. The molecule has 0 aliphatic carbocycles. The number of likely N-dealkylation sites (N-methyl/N-ethyl adjacent to an activating group) is 1. The third kappa shape index (κ3) is 4.57. The number of carbonyl (C=O) groups is 2. The highest BCUT2D eigenvalue weighted by Crippen LogP contribution is 2.15. The van der Waals surface area contributed by atoms with E-state index in [0.717, 1.165) is 5.56 Å². The van der Waals surface area contributed by atoms with E-state index >= 15 is 0 Å². The monoisotopic (exact) mass is 253 g/mol. The first-order valence-electron chi connectivity index (χ1n) is 5.47. The second-order valence-electron chi connectivity index (χ2n) is 4.04. The SMILES string of the molecule is CC(=O)CC(=O)N(C)CCc1ccccc1Cl. The van der Waals surface area contributed by atoms with Crippen LogP contribution in [0, 0.1) is 0 Å². The van der Waals surface area contributed by atoms with E-state index in [1.807, 2.05) is 24.3 Å². The highest BCUT2D eigenvalue weighted by molar-refractivity contribution is 6.31. The molecule has 0 saturated heterocycles. The molecule has 0 aliphatic rings. The Morgan fingerprint density at radius 1 is 1.29 bits per heavy atom. The van der Waals surface area contributed by atoms with E-state index in [4.69, 9.17) is 11.6 Å². The van der Waals surface area contributed by atoms with E-state index in [1.54, 1.807) is 11.9 Å². The highest BCUT2D eigenvalue weighted by Gasteiger charge is 2.11. The van der Waals surface area contributed by atoms with Crippen molar-refractivity contribution in [2.45, 2.75) is 19.8 Å². The van der Waals surface area contributed by atoms with Crippen LogP contribution < -0.4 is 0 Å². The Morgan fingerprint density at radius 3 is 2.53 bits per heavy atom. The molecule has 0 atom stereocenters. The third-order valence-electron chi connectivity index (χ3n) is 2.50. The summed E-state index contributed by atoms with van der Waals surface area (Å²) in [6.45, 7) is 1.98. The summed E-state index contributed by atoms with van der Waals surface area (Å²) in [5.41, 5.74) is 1.01. The van der Waals surface area contributed by atoms with Crippen LogP contribution in [0.25, 0.3) is 0 Å². The number of ketones is 1. The van der Waals surface area contributed by atoms with Crippen molar-refractivity contribution in [2.24, 2.45) is 0 Å². The largest absolute Gasteiger partial charge is 0.345 e. The quantitative estimate of drug-likeness (QED) is 0.756. The molecule has 4 heteroatoms. The minimum absolute atomic E-state index is 0.0287. The van der Waals surface area contributed by atoms with E-state index in [1.165, 1.54) is 6.92 Å². The van der Waals surface area contributed by atoms with Gasteiger partial charge in [0.05, 0.1) is 6.42 Å². The van der Waals surface area contributed by atoms with E-state index in [0.29, 0.717) is 18.0 Å². The molecule has 1 aromatic rings. The standard InChI is InChI=1S/C13H16ClNO2/c1-10(16)9-13(17)15(2)8-7-11-5-3-4-6-12(11)14/h3-6H,7-9H2,1-2H3. The molecule has 0 radical (unpaired) electrons. The first kappa shape index (κ1) is 13.7. The highest BCUT2D eigenvalue weighted by atomic mass is 35.5. The molecular formula is C13H16ClNO2. The van der Waals surface area contributed by atoms with Gasteiger partial charge in [0.25, 0.3) is 0 Å². The number of hydrogen-bond acceptors (Lipinski definition) is 2. The zero-order chi connectivity index (χ0) is 12.8. The summed E-state index contributed by atoms with van der Waals surface area (Å²) < 4.78 is 0. The summed E-state index contributed by atoms with van der Waals surface area (Å²) in [7, 11) is 1.70. The molecular weight excluding hydrogens is 238 g/mol. The van der Waals surface area contributed by atoms with Gasteiger partial charge in [-0.15, -0.1) is 0 Å². The lowest BCUT2D eigenvalue weighted by atomic mass is 10.1. The number of amides is 1. The van der Waals surface area contributed by atoms with Gasteiger partial charge in [-0.2, -0.15) is 0 Å². The molecule has 0 saturated carbocycles. The van der Waals surface area contributed by atoms with Gasteiger partial charge >= 0.3 is 0 Å². The van der Waals surface area contributed by atoms with Crippen molar-refractivity contribution in [3.8, 4) is 0 Å². The van der Waals surface area contributed by atoms with Crippen molar-refractivity contribution >= 4 is 23.3 Å². The maximum Gasteiger partial charge on any atom is 0.229 e. The summed E-state index contributed by atoms with van der Waals surface area (Å²) in [6.07, 6.45) is 0.666. The van der Waals surface area contributed by atoms with Gasteiger partial charge in [-0.3, -0.25) is 9.59 Å². The summed E-state index contributed by atoms with van der Waals surface area (Å²) in [6, 6.07) is 7.55. The predicted molar refractivity (Wildman–Crippen MR) is 68.1 cm³/mol. The van der Waals surface area contributed by atoms with Gasteiger partial charge < -0.3 is 4.90 Å². The lowest BCUT2D eigenvalue weighted by Gasteiger charge is -2.16. The number of carbonyl (C=O) groups excluding carboxylic acids is 2. The van der Waals surface area contributed by atoms with Crippen LogP contribution in [0.1, 0.15) is 18.9 Å². The van der Waals surface area contributed by atoms with Crippen LogP contribution in [0.15, 0.2) is 24.3 Å². The van der Waals surface area contributed by atoms with Gasteiger partial charge in [0.1, 0.15) is 5.78 Å². The Morgan fingerprint density at radius 2 is 1.94 bits per heavy atom. The molecule has 92 valence electrons. The Kier molecular flexibility index (Phi) is 5.16. The predicted octanol–water partition coefficient (Wildman–Crippen LogP) is 2.32. The summed E-state index contributed by atoms with van der Waals surface area (Å²) in [5, 5.41) is 0.708. The Labute approximate surface area is 106 Å². The van der Waals surface area contributed by atoms with E-state index in [9.17, 15) is 9.59 Å². The molecule has 0 heterocycles. The lowest BCUT2D eigenvalue weighted by Crippen LogP contribution is -2.30. The Bertz CT molecular complexity index is 418. The molecule has 0 unspecified atom stereocenters. The van der Waals surface area contributed by atoms with Crippen molar-refractivity contribution < 1.29 is 9.59 Å². The second-order valence-corrected chi connectivity index (χ2v) is 4.44. The topological polar surface area (TPSA) is 37.4 Å². The number of hydrogen-bond donors (Lipinski definition) is 0. The van der Waals surface area contributed by atoms with Crippen molar-refractivity contribution in [3.05, 3.63) is 34.9 Å². The molecule has 0 N–H and O–H groups in total. The van der Waals surface area contributed by atoms with Gasteiger partial charge in [0.15, 0.2) is 0 Å². The minimum atomic E-state index is -0.149. The zero-order valence-corrected chi connectivity index (χ0v) is 10.8. The smallest absolute Gasteiger partial charge is 0.229 e. The number of benzene rings is 1. The van der Waals surface area contributed by atoms with E-state index in [-0.39, 0.29) is 18.1 Å². The van der Waals surface area contributed by atoms with Crippen LogP contribution in [0.3, 0.4) is 0 Å². The molecule has 1 rings (SSSR count). The van der Waals surface area contributed by atoms with Gasteiger partial charge in [0.2, 0.25) is 5.91 Å². The molecule has 17 heavy (non-hydrogen) atoms. The zero-order valence-electron chi connectivity index (χ0n) is 10.1. The molecule has 1 amide bonds. The third-order valence-corrected chi connectivity index (χ3v) is 2.87. The van der Waals surface area contributed by atoms with Crippen LogP contribution in [0.2, 0.25) is 5.02 Å².